The lowest BCUT2D eigenvalue weighted by Gasteiger charge is -2.25. The zero-order valence-corrected chi connectivity index (χ0v) is 10.5. The van der Waals surface area contributed by atoms with Gasteiger partial charge in [0, 0.05) is 27.2 Å². The Kier molecular flexibility index (Phi) is 6.19. The van der Waals surface area contributed by atoms with E-state index < -0.39 is 22.9 Å². The van der Waals surface area contributed by atoms with Crippen LogP contribution in [-0.2, 0) is 28.9 Å². The molecule has 0 aliphatic carbocycles. The molecule has 7 heteroatoms. The number of unbranched alkanes of at least 4 members (excludes halogenated alkanes) is 1. The molecule has 98 valence electrons. The second kappa shape index (κ2) is 6.85. The van der Waals surface area contributed by atoms with Crippen LogP contribution in [0.15, 0.2) is 0 Å². The fourth-order valence-electron chi connectivity index (χ4n) is 1.13. The van der Waals surface area contributed by atoms with Gasteiger partial charge in [0.15, 0.2) is 0 Å². The third kappa shape index (κ3) is 6.52. The van der Waals surface area contributed by atoms with Crippen LogP contribution in [0.3, 0.4) is 0 Å². The molecule has 0 aromatic carbocycles. The van der Waals surface area contributed by atoms with Crippen molar-refractivity contribution in [3.63, 3.8) is 0 Å². The molecular weight excluding hydrogens is 230 g/mol. The third-order valence-corrected chi connectivity index (χ3v) is 1.59. The molecule has 17 heavy (non-hydrogen) atoms. The minimum Gasteiger partial charge on any atom is -0.245 e. The van der Waals surface area contributed by atoms with Crippen molar-refractivity contribution in [3.8, 4) is 0 Å². The molecular formula is C10H18NO6+. The average Bonchev–Trinajstić information content (AvgIpc) is 2.11. The van der Waals surface area contributed by atoms with Gasteiger partial charge in [0.25, 0.3) is 0 Å². The second-order valence-electron chi connectivity index (χ2n) is 3.44. The Hall–Kier alpha value is -1.63. The van der Waals surface area contributed by atoms with Crippen molar-refractivity contribution in [2.24, 2.45) is 0 Å². The Morgan fingerprint density at radius 3 is 1.47 bits per heavy atom. The largest absolute Gasteiger partial charge is 0.375 e. The zero-order valence-electron chi connectivity index (χ0n) is 10.5. The molecule has 0 aromatic rings. The number of hydroxylamine groups is 3. The Morgan fingerprint density at radius 2 is 1.24 bits per heavy atom. The number of hydrogen-bond donors (Lipinski definition) is 0. The maximum Gasteiger partial charge on any atom is 0.375 e. The lowest BCUT2D eigenvalue weighted by atomic mass is 10.3. The first kappa shape index (κ1) is 15.4. The van der Waals surface area contributed by atoms with Crippen molar-refractivity contribution in [2.75, 3.05) is 6.54 Å². The minimum absolute atomic E-state index is 0.0508. The summed E-state index contributed by atoms with van der Waals surface area (Å²) in [5.41, 5.74) is 0. The molecule has 0 fully saturated rings. The van der Waals surface area contributed by atoms with E-state index in [9.17, 15) is 14.4 Å². The summed E-state index contributed by atoms with van der Waals surface area (Å²) in [5.74, 6) is -2.16. The van der Waals surface area contributed by atoms with Crippen LogP contribution in [0.4, 0.5) is 0 Å². The van der Waals surface area contributed by atoms with Crippen LogP contribution in [0.5, 0.6) is 0 Å². The summed E-state index contributed by atoms with van der Waals surface area (Å²) in [6, 6.07) is 0. The molecule has 0 radical (unpaired) electrons. The Bertz CT molecular complexity index is 260. The first-order chi connectivity index (χ1) is 7.81. The Balaban J connectivity index is 4.95. The predicted octanol–water partition coefficient (Wildman–Crippen LogP) is 1.04. The molecule has 0 aromatic heterocycles. The summed E-state index contributed by atoms with van der Waals surface area (Å²) in [6.07, 6.45) is 1.30. The summed E-state index contributed by atoms with van der Waals surface area (Å²) >= 11 is 0. The standard InChI is InChI=1S/C10H18NO6/c1-5-6-7-11(15-8(2)12,16-9(3)13)17-10(4)14/h5-7H2,1-4H3/q+1. The summed E-state index contributed by atoms with van der Waals surface area (Å²) in [5, 5.41) is 0. The van der Waals surface area contributed by atoms with Crippen LogP contribution < -0.4 is 0 Å². The van der Waals surface area contributed by atoms with E-state index in [4.69, 9.17) is 14.5 Å². The molecule has 0 heterocycles. The quantitative estimate of drug-likeness (QED) is 0.516. The first-order valence-electron chi connectivity index (χ1n) is 5.30. The number of carbonyl (C=O) groups is 3. The smallest absolute Gasteiger partial charge is 0.245 e. The normalized spacial score (nSPS) is 10.6. The van der Waals surface area contributed by atoms with Gasteiger partial charge in [-0.2, -0.15) is 14.5 Å². The van der Waals surface area contributed by atoms with Gasteiger partial charge in [-0.15, -0.1) is 0 Å². The SMILES string of the molecule is CCCC[N+](OC(C)=O)(OC(C)=O)OC(C)=O. The highest BCUT2D eigenvalue weighted by atomic mass is 17.2. The van der Waals surface area contributed by atoms with Gasteiger partial charge < -0.3 is 0 Å². The van der Waals surface area contributed by atoms with Gasteiger partial charge in [-0.3, -0.25) is 0 Å². The molecule has 7 nitrogen and oxygen atoms in total. The summed E-state index contributed by atoms with van der Waals surface area (Å²) in [6.45, 7) is 5.34. The van der Waals surface area contributed by atoms with E-state index >= 15 is 0 Å². The highest BCUT2D eigenvalue weighted by molar-refractivity contribution is 5.67. The van der Waals surface area contributed by atoms with Gasteiger partial charge in [0.1, 0.15) is 0 Å². The lowest BCUT2D eigenvalue weighted by molar-refractivity contribution is -1.34. The van der Waals surface area contributed by atoms with Crippen LogP contribution in [0.1, 0.15) is 40.5 Å². The molecule has 0 aliphatic heterocycles. The molecule has 0 saturated carbocycles. The predicted molar refractivity (Wildman–Crippen MR) is 55.3 cm³/mol. The molecule has 0 bridgehead atoms. The number of hydrogen-bond acceptors (Lipinski definition) is 6. The van der Waals surface area contributed by atoms with E-state index in [2.05, 4.69) is 0 Å². The Morgan fingerprint density at radius 1 is 0.882 bits per heavy atom. The molecule has 0 atom stereocenters. The molecule has 0 unspecified atom stereocenters. The summed E-state index contributed by atoms with van der Waals surface area (Å²) in [4.78, 5) is 46.0. The molecule has 0 rings (SSSR count). The average molecular weight is 248 g/mol. The van der Waals surface area contributed by atoms with Crippen molar-refractivity contribution in [1.29, 1.82) is 0 Å². The number of quaternary nitrogens is 1. The topological polar surface area (TPSA) is 78.9 Å². The molecule has 0 aliphatic rings. The van der Waals surface area contributed by atoms with Crippen LogP contribution in [0.2, 0.25) is 0 Å². The van der Waals surface area contributed by atoms with Gasteiger partial charge in [0.05, 0.1) is 0 Å². The van der Waals surface area contributed by atoms with Crippen molar-refractivity contribution >= 4 is 17.9 Å². The number of nitrogens with zero attached hydrogens (tertiary/aromatic N) is 1. The van der Waals surface area contributed by atoms with Crippen LogP contribution >= 0.6 is 0 Å². The third-order valence-electron chi connectivity index (χ3n) is 1.59. The van der Waals surface area contributed by atoms with Gasteiger partial charge in [-0.05, 0) is 0 Å². The zero-order chi connectivity index (χ0) is 13.5. The van der Waals surface area contributed by atoms with Crippen LogP contribution in [-0.4, -0.2) is 29.4 Å². The van der Waals surface area contributed by atoms with Crippen molar-refractivity contribution in [1.82, 2.24) is 0 Å². The highest BCUT2D eigenvalue weighted by Crippen LogP contribution is 2.15. The molecule has 0 spiro atoms. The fraction of sp³-hybridized carbons (Fsp3) is 0.700. The van der Waals surface area contributed by atoms with Crippen molar-refractivity contribution in [3.05, 3.63) is 0 Å². The molecule has 0 saturated heterocycles. The van der Waals surface area contributed by atoms with E-state index in [-0.39, 0.29) is 6.54 Å². The van der Waals surface area contributed by atoms with E-state index in [1.807, 2.05) is 6.92 Å². The van der Waals surface area contributed by atoms with E-state index in [1.165, 1.54) is 0 Å². The van der Waals surface area contributed by atoms with Gasteiger partial charge in [-0.1, -0.05) is 13.3 Å². The van der Waals surface area contributed by atoms with Crippen LogP contribution in [0, 0.1) is 0 Å². The van der Waals surface area contributed by atoms with Gasteiger partial charge in [0.2, 0.25) is 11.5 Å². The van der Waals surface area contributed by atoms with E-state index in [0.29, 0.717) is 6.42 Å². The van der Waals surface area contributed by atoms with E-state index in [0.717, 1.165) is 27.2 Å². The summed E-state index contributed by atoms with van der Waals surface area (Å²) < 4.78 is 0. The number of rotatable bonds is 6. The highest BCUT2D eigenvalue weighted by Gasteiger charge is 2.42. The maximum absolute atomic E-state index is 11.0. The minimum atomic E-state index is -1.20. The fourth-order valence-corrected chi connectivity index (χ4v) is 1.13. The second-order valence-corrected chi connectivity index (χ2v) is 3.44. The van der Waals surface area contributed by atoms with Crippen LogP contribution in [0.25, 0.3) is 0 Å². The Labute approximate surface area is 99.7 Å². The van der Waals surface area contributed by atoms with Gasteiger partial charge >= 0.3 is 17.9 Å². The number of carbonyl (C=O) groups excluding carboxylic acids is 3. The van der Waals surface area contributed by atoms with Crippen molar-refractivity contribution < 1.29 is 33.9 Å². The maximum atomic E-state index is 11.0. The van der Waals surface area contributed by atoms with Crippen molar-refractivity contribution in [2.45, 2.75) is 40.5 Å². The monoisotopic (exact) mass is 248 g/mol. The van der Waals surface area contributed by atoms with E-state index in [1.54, 1.807) is 0 Å². The first-order valence-corrected chi connectivity index (χ1v) is 5.30. The molecule has 0 amide bonds. The lowest BCUT2D eigenvalue weighted by Crippen LogP contribution is -2.51. The van der Waals surface area contributed by atoms with Gasteiger partial charge in [-0.25, -0.2) is 14.4 Å². The molecule has 0 N–H and O–H groups in total. The summed E-state index contributed by atoms with van der Waals surface area (Å²) in [7, 11) is 0.